The van der Waals surface area contributed by atoms with Gasteiger partial charge in [0.15, 0.2) is 0 Å². The van der Waals surface area contributed by atoms with Gasteiger partial charge in [0.1, 0.15) is 6.61 Å². The Balaban J connectivity index is 1.12. The molecule has 1 saturated carbocycles. The van der Waals surface area contributed by atoms with Crippen LogP contribution in [0.1, 0.15) is 29.9 Å². The van der Waals surface area contributed by atoms with Crippen LogP contribution in [0.5, 0.6) is 0 Å². The summed E-state index contributed by atoms with van der Waals surface area (Å²) in [6, 6.07) is 15.9. The molecule has 166 valence electrons. The zero-order valence-electron chi connectivity index (χ0n) is 17.5. The molecule has 1 saturated heterocycles. The average molecular weight is 454 g/mol. The molecule has 1 aromatic heterocycles. The van der Waals surface area contributed by atoms with Crippen molar-refractivity contribution in [2.24, 2.45) is 5.92 Å². The minimum Gasteiger partial charge on any atom is -0.481 e. The summed E-state index contributed by atoms with van der Waals surface area (Å²) >= 11 is 5.99. The molecular weight excluding hydrogens is 430 g/mol. The molecule has 2 fully saturated rings. The second-order valence-electron chi connectivity index (χ2n) is 8.72. The van der Waals surface area contributed by atoms with E-state index >= 15 is 0 Å². The molecule has 2 aliphatic rings. The summed E-state index contributed by atoms with van der Waals surface area (Å²) in [5.74, 6) is 0.0288. The first-order valence-corrected chi connectivity index (χ1v) is 11.1. The van der Waals surface area contributed by atoms with Gasteiger partial charge in [0.25, 0.3) is 5.89 Å². The largest absolute Gasteiger partial charge is 0.481 e. The maximum absolute atomic E-state index is 10.9. The first kappa shape index (κ1) is 21.1. The number of halogens is 1. The number of rotatable bonds is 9. The SMILES string of the molecule is O=C(O)C1CN(Cc2ccc(-c3noc(COCC4(c5ccc(Cl)cc5)CC4)n3)cc2)C1. The molecule has 0 unspecified atom stereocenters. The molecular formula is C24H24ClN3O4. The van der Waals surface area contributed by atoms with Crippen molar-refractivity contribution in [1.29, 1.82) is 0 Å². The molecule has 3 aromatic rings. The molecule has 0 atom stereocenters. The summed E-state index contributed by atoms with van der Waals surface area (Å²) in [5.41, 5.74) is 3.33. The van der Waals surface area contributed by atoms with E-state index < -0.39 is 5.97 Å². The van der Waals surface area contributed by atoms with Crippen LogP contribution in [-0.2, 0) is 28.1 Å². The van der Waals surface area contributed by atoms with Crippen molar-refractivity contribution in [1.82, 2.24) is 15.0 Å². The summed E-state index contributed by atoms with van der Waals surface area (Å²) < 4.78 is 11.3. The number of likely N-dealkylation sites (tertiary alicyclic amines) is 1. The van der Waals surface area contributed by atoms with Gasteiger partial charge >= 0.3 is 5.97 Å². The highest BCUT2D eigenvalue weighted by molar-refractivity contribution is 6.30. The van der Waals surface area contributed by atoms with Gasteiger partial charge in [-0.2, -0.15) is 4.98 Å². The zero-order chi connectivity index (χ0) is 22.1. The number of carbonyl (C=O) groups is 1. The normalized spacial score (nSPS) is 17.8. The van der Waals surface area contributed by atoms with Crippen LogP contribution in [0.3, 0.4) is 0 Å². The lowest BCUT2D eigenvalue weighted by Crippen LogP contribution is -2.49. The van der Waals surface area contributed by atoms with Gasteiger partial charge in [-0.3, -0.25) is 9.69 Å². The molecule has 7 nitrogen and oxygen atoms in total. The molecule has 1 aliphatic carbocycles. The minimum absolute atomic E-state index is 0.0736. The van der Waals surface area contributed by atoms with E-state index in [1.54, 1.807) is 0 Å². The minimum atomic E-state index is -0.717. The van der Waals surface area contributed by atoms with Gasteiger partial charge in [0.2, 0.25) is 5.82 Å². The third-order valence-corrected chi connectivity index (χ3v) is 6.56. The molecule has 0 amide bonds. The number of aliphatic carboxylic acids is 1. The Bertz CT molecular complexity index is 1090. The molecule has 2 heterocycles. The number of hydrogen-bond donors (Lipinski definition) is 1. The lowest BCUT2D eigenvalue weighted by molar-refractivity contribution is -0.147. The molecule has 0 spiro atoms. The van der Waals surface area contributed by atoms with Crippen LogP contribution in [-0.4, -0.2) is 45.8 Å². The fourth-order valence-corrected chi connectivity index (χ4v) is 4.23. The average Bonchev–Trinajstić information content (AvgIpc) is 3.39. The standard InChI is InChI=1S/C24H24ClN3O4/c25-20-7-5-19(6-8-20)24(9-10-24)15-31-14-21-26-22(27-32-21)17-3-1-16(2-4-17)11-28-12-18(13-28)23(29)30/h1-8,18H,9-15H2,(H,29,30). The second kappa shape index (κ2) is 8.65. The molecule has 1 N–H and O–H groups in total. The van der Waals surface area contributed by atoms with Crippen molar-refractivity contribution in [3.63, 3.8) is 0 Å². The van der Waals surface area contributed by atoms with Crippen LogP contribution in [0, 0.1) is 5.92 Å². The summed E-state index contributed by atoms with van der Waals surface area (Å²) in [4.78, 5) is 17.5. The Morgan fingerprint density at radius 3 is 2.53 bits per heavy atom. The predicted molar refractivity (Wildman–Crippen MR) is 118 cm³/mol. The maximum Gasteiger partial charge on any atom is 0.309 e. The van der Waals surface area contributed by atoms with E-state index in [0.29, 0.717) is 31.4 Å². The molecule has 0 radical (unpaired) electrons. The number of benzene rings is 2. The van der Waals surface area contributed by atoms with Crippen LogP contribution >= 0.6 is 11.6 Å². The highest BCUT2D eigenvalue weighted by atomic mass is 35.5. The maximum atomic E-state index is 10.9. The van der Waals surface area contributed by atoms with E-state index in [1.165, 1.54) is 5.56 Å². The van der Waals surface area contributed by atoms with Gasteiger partial charge < -0.3 is 14.4 Å². The summed E-state index contributed by atoms with van der Waals surface area (Å²) in [6.07, 6.45) is 2.20. The fourth-order valence-electron chi connectivity index (χ4n) is 4.11. The number of ether oxygens (including phenoxy) is 1. The quantitative estimate of drug-likeness (QED) is 0.520. The van der Waals surface area contributed by atoms with Gasteiger partial charge in [0, 0.05) is 35.6 Å². The summed E-state index contributed by atoms with van der Waals surface area (Å²) in [6.45, 7) is 2.83. The Morgan fingerprint density at radius 2 is 1.88 bits per heavy atom. The van der Waals surface area contributed by atoms with E-state index in [2.05, 4.69) is 27.2 Å². The van der Waals surface area contributed by atoms with E-state index in [-0.39, 0.29) is 17.9 Å². The number of nitrogens with zero attached hydrogens (tertiary/aromatic N) is 3. The number of carboxylic acids is 1. The van der Waals surface area contributed by atoms with Gasteiger partial charge in [-0.05, 0) is 36.1 Å². The van der Waals surface area contributed by atoms with E-state index in [9.17, 15) is 4.79 Å². The smallest absolute Gasteiger partial charge is 0.309 e. The van der Waals surface area contributed by atoms with Gasteiger partial charge in [-0.15, -0.1) is 0 Å². The lowest BCUT2D eigenvalue weighted by atomic mass is 9.97. The predicted octanol–water partition coefficient (Wildman–Crippen LogP) is 4.15. The number of aromatic nitrogens is 2. The topological polar surface area (TPSA) is 88.7 Å². The third-order valence-electron chi connectivity index (χ3n) is 6.31. The first-order chi connectivity index (χ1) is 15.5. The van der Waals surface area contributed by atoms with E-state index in [4.69, 9.17) is 26.0 Å². The van der Waals surface area contributed by atoms with Crippen LogP contribution in [0.4, 0.5) is 0 Å². The summed E-state index contributed by atoms with van der Waals surface area (Å²) in [5, 5.41) is 13.8. The Kier molecular flexibility index (Phi) is 5.71. The molecule has 1 aliphatic heterocycles. The van der Waals surface area contributed by atoms with Crippen molar-refractivity contribution in [2.75, 3.05) is 19.7 Å². The molecule has 2 aromatic carbocycles. The Labute approximate surface area is 191 Å². The highest BCUT2D eigenvalue weighted by Gasteiger charge is 2.44. The Hall–Kier alpha value is -2.74. The van der Waals surface area contributed by atoms with Crippen molar-refractivity contribution in [3.8, 4) is 11.4 Å². The van der Waals surface area contributed by atoms with E-state index in [0.717, 1.165) is 35.5 Å². The van der Waals surface area contributed by atoms with Gasteiger partial charge in [0.05, 0.1) is 12.5 Å². The molecule has 32 heavy (non-hydrogen) atoms. The molecule has 5 rings (SSSR count). The van der Waals surface area contributed by atoms with Crippen LogP contribution in [0.15, 0.2) is 53.1 Å². The zero-order valence-corrected chi connectivity index (χ0v) is 18.3. The number of hydrogen-bond acceptors (Lipinski definition) is 6. The first-order valence-electron chi connectivity index (χ1n) is 10.7. The highest BCUT2D eigenvalue weighted by Crippen LogP contribution is 2.48. The summed E-state index contributed by atoms with van der Waals surface area (Å²) in [7, 11) is 0. The fraction of sp³-hybridized carbons (Fsp3) is 0.375. The van der Waals surface area contributed by atoms with Crippen LogP contribution in [0.25, 0.3) is 11.4 Å². The van der Waals surface area contributed by atoms with Crippen molar-refractivity contribution >= 4 is 17.6 Å². The third kappa shape index (κ3) is 4.55. The number of carboxylic acid groups (broad SMARTS) is 1. The van der Waals surface area contributed by atoms with Crippen LogP contribution in [0.2, 0.25) is 5.02 Å². The monoisotopic (exact) mass is 453 g/mol. The molecule has 8 heteroatoms. The van der Waals surface area contributed by atoms with Gasteiger partial charge in [-0.1, -0.05) is 53.2 Å². The van der Waals surface area contributed by atoms with Gasteiger partial charge in [-0.25, -0.2) is 0 Å². The lowest BCUT2D eigenvalue weighted by Gasteiger charge is -2.36. The molecule has 0 bridgehead atoms. The second-order valence-corrected chi connectivity index (χ2v) is 9.15. The van der Waals surface area contributed by atoms with Crippen molar-refractivity contribution in [3.05, 3.63) is 70.6 Å². The van der Waals surface area contributed by atoms with Crippen molar-refractivity contribution < 1.29 is 19.2 Å². The van der Waals surface area contributed by atoms with Crippen LogP contribution < -0.4 is 0 Å². The van der Waals surface area contributed by atoms with Crippen molar-refractivity contribution in [2.45, 2.75) is 31.4 Å². The van der Waals surface area contributed by atoms with E-state index in [1.807, 2.05) is 36.4 Å². The Morgan fingerprint density at radius 1 is 1.16 bits per heavy atom.